The molecule has 1 aromatic carbocycles. The van der Waals surface area contributed by atoms with E-state index < -0.39 is 10.8 Å². The number of hydrogen-bond donors (Lipinski definition) is 2. The van der Waals surface area contributed by atoms with Crippen LogP contribution in [0.4, 0.5) is 11.5 Å². The average Bonchev–Trinajstić information content (AvgIpc) is 3.50. The molecule has 2 saturated carbocycles. The second-order valence-electron chi connectivity index (χ2n) is 10.0. The summed E-state index contributed by atoms with van der Waals surface area (Å²) in [5.41, 5.74) is 1.91. The number of anilines is 2. The second-order valence-corrected chi connectivity index (χ2v) is 11.9. The smallest absolute Gasteiger partial charge is 0.146 e. The lowest BCUT2D eigenvalue weighted by Crippen LogP contribution is -2.48. The number of benzene rings is 1. The lowest BCUT2D eigenvalue weighted by atomic mass is 9.77. The standard InChI is InChI=1S/C24H29ClN4O2S/c25-17-2-4-18(5-3-17)29-12-6-16(7-13-29)21-26-20-19(32(31)15-23(20)10-11-23)22(27-21)28-24(14-30)8-1-9-24/h2-5,16,30H,1,6-15H2,(H,26,27,28). The van der Waals surface area contributed by atoms with Gasteiger partial charge in [-0.2, -0.15) is 0 Å². The van der Waals surface area contributed by atoms with E-state index in [9.17, 15) is 9.32 Å². The number of nitrogens with zero attached hydrogens (tertiary/aromatic N) is 3. The van der Waals surface area contributed by atoms with Crippen LogP contribution in [0.3, 0.4) is 0 Å². The fourth-order valence-electron chi connectivity index (χ4n) is 5.46. The summed E-state index contributed by atoms with van der Waals surface area (Å²) in [5.74, 6) is 2.58. The number of fused-ring (bicyclic) bond motifs is 2. The topological polar surface area (TPSA) is 78.4 Å². The zero-order valence-electron chi connectivity index (χ0n) is 18.1. The van der Waals surface area contributed by atoms with E-state index in [4.69, 9.17) is 21.6 Å². The summed E-state index contributed by atoms with van der Waals surface area (Å²) >= 11 is 6.05. The van der Waals surface area contributed by atoms with Crippen LogP contribution in [0.2, 0.25) is 5.02 Å². The molecule has 3 fully saturated rings. The predicted molar refractivity (Wildman–Crippen MR) is 127 cm³/mol. The molecular formula is C24H29ClN4O2S. The normalized spacial score (nSPS) is 25.4. The van der Waals surface area contributed by atoms with E-state index >= 15 is 0 Å². The predicted octanol–water partition coefficient (Wildman–Crippen LogP) is 3.99. The Morgan fingerprint density at radius 2 is 1.84 bits per heavy atom. The first kappa shape index (κ1) is 20.9. The molecule has 1 saturated heterocycles. The first-order valence-electron chi connectivity index (χ1n) is 11.7. The monoisotopic (exact) mass is 472 g/mol. The first-order valence-corrected chi connectivity index (χ1v) is 13.4. The Kier molecular flexibility index (Phi) is 5.01. The molecule has 170 valence electrons. The van der Waals surface area contributed by atoms with Crippen LogP contribution >= 0.6 is 11.6 Å². The number of halogens is 1. The van der Waals surface area contributed by atoms with Gasteiger partial charge in [0.1, 0.15) is 16.5 Å². The van der Waals surface area contributed by atoms with Crippen LogP contribution in [-0.4, -0.2) is 50.3 Å². The summed E-state index contributed by atoms with van der Waals surface area (Å²) in [7, 11) is -1.06. The number of piperidine rings is 1. The highest BCUT2D eigenvalue weighted by Gasteiger charge is 2.55. The Morgan fingerprint density at radius 1 is 1.12 bits per heavy atom. The van der Waals surface area contributed by atoms with E-state index in [0.29, 0.717) is 11.7 Å². The molecule has 2 aliphatic heterocycles. The van der Waals surface area contributed by atoms with Crippen molar-refractivity contribution >= 4 is 33.9 Å². The summed E-state index contributed by atoms with van der Waals surface area (Å²) in [4.78, 5) is 13.2. The molecule has 1 spiro atoms. The maximum Gasteiger partial charge on any atom is 0.146 e. The number of aromatic nitrogens is 2. The van der Waals surface area contributed by atoms with Crippen LogP contribution in [0.15, 0.2) is 29.2 Å². The molecule has 1 aromatic heterocycles. The van der Waals surface area contributed by atoms with Crippen molar-refractivity contribution in [3.8, 4) is 0 Å². The third-order valence-corrected chi connectivity index (χ3v) is 9.83. The Morgan fingerprint density at radius 3 is 2.44 bits per heavy atom. The minimum Gasteiger partial charge on any atom is -0.394 e. The van der Waals surface area contributed by atoms with Gasteiger partial charge in [-0.15, -0.1) is 0 Å². The number of hydrogen-bond acceptors (Lipinski definition) is 6. The fraction of sp³-hybridized carbons (Fsp3) is 0.583. The van der Waals surface area contributed by atoms with Gasteiger partial charge < -0.3 is 15.3 Å². The highest BCUT2D eigenvalue weighted by Crippen LogP contribution is 2.56. The summed E-state index contributed by atoms with van der Waals surface area (Å²) in [5, 5.41) is 14.3. The Labute approximate surface area is 196 Å². The van der Waals surface area contributed by atoms with Crippen LogP contribution in [0.5, 0.6) is 0 Å². The molecule has 1 atom stereocenters. The van der Waals surface area contributed by atoms with Crippen molar-refractivity contribution in [1.82, 2.24) is 9.97 Å². The van der Waals surface area contributed by atoms with Gasteiger partial charge in [0, 0.05) is 40.9 Å². The molecule has 2 aromatic rings. The summed E-state index contributed by atoms with van der Waals surface area (Å²) in [6.45, 7) is 1.98. The minimum atomic E-state index is -1.06. The Hall–Kier alpha value is -1.70. The molecule has 6 rings (SSSR count). The minimum absolute atomic E-state index is 0.00428. The van der Waals surface area contributed by atoms with Gasteiger partial charge in [0.25, 0.3) is 0 Å². The molecule has 0 radical (unpaired) electrons. The van der Waals surface area contributed by atoms with E-state index in [1.807, 2.05) is 12.1 Å². The molecule has 8 heteroatoms. The van der Waals surface area contributed by atoms with E-state index in [-0.39, 0.29) is 17.6 Å². The highest BCUT2D eigenvalue weighted by atomic mass is 35.5. The quantitative estimate of drug-likeness (QED) is 0.685. The zero-order valence-corrected chi connectivity index (χ0v) is 19.7. The van der Waals surface area contributed by atoms with Gasteiger partial charge in [0.2, 0.25) is 0 Å². The molecule has 32 heavy (non-hydrogen) atoms. The van der Waals surface area contributed by atoms with E-state index in [1.165, 1.54) is 5.69 Å². The first-order chi connectivity index (χ1) is 15.5. The molecule has 4 aliphatic rings. The lowest BCUT2D eigenvalue weighted by Gasteiger charge is -2.42. The third-order valence-electron chi connectivity index (χ3n) is 7.92. The van der Waals surface area contributed by atoms with Gasteiger partial charge in [-0.3, -0.25) is 4.21 Å². The average molecular weight is 473 g/mol. The number of rotatable bonds is 5. The van der Waals surface area contributed by atoms with Crippen LogP contribution in [-0.2, 0) is 16.2 Å². The van der Waals surface area contributed by atoms with Crippen LogP contribution in [0, 0.1) is 0 Å². The van der Waals surface area contributed by atoms with Gasteiger partial charge in [0.05, 0.1) is 28.6 Å². The maximum atomic E-state index is 13.0. The van der Waals surface area contributed by atoms with Crippen LogP contribution in [0.25, 0.3) is 0 Å². The molecule has 0 amide bonds. The molecule has 6 nitrogen and oxygen atoms in total. The SMILES string of the molecule is O=S1CC2(CC2)c2nc(C3CCN(c4ccc(Cl)cc4)CC3)nc(NC3(CO)CCC3)c21. The molecule has 2 aliphatic carbocycles. The van der Waals surface area contributed by atoms with Crippen molar-refractivity contribution in [2.45, 2.75) is 66.7 Å². The van der Waals surface area contributed by atoms with Gasteiger partial charge >= 0.3 is 0 Å². The molecular weight excluding hydrogens is 444 g/mol. The van der Waals surface area contributed by atoms with Crippen molar-refractivity contribution in [1.29, 1.82) is 0 Å². The van der Waals surface area contributed by atoms with Crippen molar-refractivity contribution in [2.75, 3.05) is 35.7 Å². The Bertz CT molecular complexity index is 1050. The van der Waals surface area contributed by atoms with Gasteiger partial charge in [0.15, 0.2) is 0 Å². The van der Waals surface area contributed by atoms with Crippen LogP contribution in [0.1, 0.15) is 62.4 Å². The van der Waals surface area contributed by atoms with E-state index in [2.05, 4.69) is 22.3 Å². The third kappa shape index (κ3) is 3.44. The second kappa shape index (κ2) is 7.67. The molecule has 3 heterocycles. The number of nitrogens with one attached hydrogen (secondary N) is 1. The molecule has 2 N–H and O–H groups in total. The summed E-state index contributed by atoms with van der Waals surface area (Å²) < 4.78 is 13.0. The van der Waals surface area contributed by atoms with Crippen molar-refractivity contribution < 1.29 is 9.32 Å². The van der Waals surface area contributed by atoms with E-state index in [1.54, 1.807) is 0 Å². The molecule has 1 unspecified atom stereocenters. The van der Waals surface area contributed by atoms with Crippen molar-refractivity contribution in [2.24, 2.45) is 0 Å². The largest absolute Gasteiger partial charge is 0.394 e. The van der Waals surface area contributed by atoms with Gasteiger partial charge in [-0.05, 0) is 69.2 Å². The summed E-state index contributed by atoms with van der Waals surface area (Å²) in [6, 6.07) is 8.04. The number of aliphatic hydroxyl groups is 1. The summed E-state index contributed by atoms with van der Waals surface area (Å²) in [6.07, 6.45) is 7.07. The lowest BCUT2D eigenvalue weighted by molar-refractivity contribution is 0.143. The van der Waals surface area contributed by atoms with Gasteiger partial charge in [-0.1, -0.05) is 11.6 Å². The molecule has 0 bridgehead atoms. The maximum absolute atomic E-state index is 13.0. The fourth-order valence-corrected chi connectivity index (χ4v) is 7.45. The van der Waals surface area contributed by atoms with Crippen LogP contribution < -0.4 is 10.2 Å². The van der Waals surface area contributed by atoms with Crippen molar-refractivity contribution in [3.05, 3.63) is 40.8 Å². The Balaban J connectivity index is 1.29. The van der Waals surface area contributed by atoms with Gasteiger partial charge in [-0.25, -0.2) is 9.97 Å². The van der Waals surface area contributed by atoms with E-state index in [0.717, 1.165) is 85.3 Å². The zero-order chi connectivity index (χ0) is 21.9. The highest BCUT2D eigenvalue weighted by molar-refractivity contribution is 7.85. The van der Waals surface area contributed by atoms with Crippen molar-refractivity contribution in [3.63, 3.8) is 0 Å². The number of aliphatic hydroxyl groups excluding tert-OH is 1.